The Kier molecular flexibility index (Phi) is 10.1. The second kappa shape index (κ2) is 14.4. The summed E-state index contributed by atoms with van der Waals surface area (Å²) in [4.78, 5) is 43.7. The number of carbonyl (C=O) groups is 3. The number of benzene rings is 3. The highest BCUT2D eigenvalue weighted by Crippen LogP contribution is 2.41. The first-order chi connectivity index (χ1) is 23.5. The molecule has 6 rings (SSSR count). The summed E-state index contributed by atoms with van der Waals surface area (Å²) in [6.07, 6.45) is 0.354. The van der Waals surface area contributed by atoms with E-state index in [2.05, 4.69) is 24.3 Å². The Labute approximate surface area is 291 Å². The Morgan fingerprint density at radius 3 is 2.20 bits per heavy atom. The fraction of sp³-hybridized carbons (Fsp3) is 0.395. The smallest absolute Gasteiger partial charge is 0.408 e. The van der Waals surface area contributed by atoms with Gasteiger partial charge in [0.1, 0.15) is 24.7 Å². The molecule has 2 heterocycles. The standard InChI is InChI=1S/C38H42ClN3O7/c1-23-4-6-26(7-5-23)14-15-41(28-10-11-28)36(43)35-31(20-29-21-40(37(44)45)22-33(35)42(29)38(46)47)27-8-12-30(13-9-27)48-16-17-49-34-19-25(3)24(2)18-32(34)39/h4-9,12-13,18-19,28-29,33H,10-11,14-17,20-22H2,1-3H3,(H,44,45)(H,46,47)/t29-,33-/m1/s1. The van der Waals surface area contributed by atoms with Crippen LogP contribution in [0.3, 0.4) is 0 Å². The molecular weight excluding hydrogens is 646 g/mol. The summed E-state index contributed by atoms with van der Waals surface area (Å²) >= 11 is 6.33. The lowest BCUT2D eigenvalue weighted by atomic mass is 9.81. The summed E-state index contributed by atoms with van der Waals surface area (Å²) in [5, 5.41) is 20.7. The number of hydrogen-bond donors (Lipinski definition) is 2. The van der Waals surface area contributed by atoms with Crippen LogP contribution in [0.25, 0.3) is 5.57 Å². The average molecular weight is 688 g/mol. The Bertz CT molecular complexity index is 1750. The molecule has 1 saturated carbocycles. The predicted octanol–water partition coefficient (Wildman–Crippen LogP) is 6.82. The molecule has 0 unspecified atom stereocenters. The largest absolute Gasteiger partial charge is 0.490 e. The van der Waals surface area contributed by atoms with Gasteiger partial charge in [0, 0.05) is 31.2 Å². The van der Waals surface area contributed by atoms with Gasteiger partial charge in [0.2, 0.25) is 0 Å². The number of halogens is 1. The van der Waals surface area contributed by atoms with Gasteiger partial charge < -0.3 is 29.5 Å². The van der Waals surface area contributed by atoms with Crippen molar-refractivity contribution in [3.05, 3.63) is 99.1 Å². The fourth-order valence-corrected chi connectivity index (χ4v) is 7.10. The quantitative estimate of drug-likeness (QED) is 0.212. The van der Waals surface area contributed by atoms with E-state index in [-0.39, 0.29) is 38.1 Å². The number of amides is 3. The summed E-state index contributed by atoms with van der Waals surface area (Å²) in [5.74, 6) is 0.991. The van der Waals surface area contributed by atoms with Crippen molar-refractivity contribution in [2.45, 2.75) is 64.6 Å². The molecule has 3 aromatic rings. The van der Waals surface area contributed by atoms with Gasteiger partial charge in [0.25, 0.3) is 5.91 Å². The number of ether oxygens (including phenoxy) is 2. The van der Waals surface area contributed by atoms with Gasteiger partial charge in [-0.1, -0.05) is 53.6 Å². The molecule has 0 radical (unpaired) electrons. The minimum absolute atomic E-state index is 0.0363. The van der Waals surface area contributed by atoms with Crippen LogP contribution in [0.4, 0.5) is 9.59 Å². The van der Waals surface area contributed by atoms with Crippen LogP contribution in [-0.4, -0.2) is 94.0 Å². The number of aryl methyl sites for hydroxylation is 3. The molecule has 49 heavy (non-hydrogen) atoms. The number of hydrogen-bond acceptors (Lipinski definition) is 5. The second-order valence-electron chi connectivity index (χ2n) is 13.2. The minimum atomic E-state index is -1.16. The Hall–Kier alpha value is -4.70. The first-order valence-corrected chi connectivity index (χ1v) is 17.1. The lowest BCUT2D eigenvalue weighted by Gasteiger charge is -2.49. The van der Waals surface area contributed by atoms with Gasteiger partial charge in [-0.15, -0.1) is 0 Å². The van der Waals surface area contributed by atoms with Crippen LogP contribution >= 0.6 is 11.6 Å². The lowest BCUT2D eigenvalue weighted by Crippen LogP contribution is -2.65. The van der Waals surface area contributed by atoms with Crippen molar-refractivity contribution in [3.63, 3.8) is 0 Å². The zero-order chi connectivity index (χ0) is 34.8. The van der Waals surface area contributed by atoms with Gasteiger partial charge in [-0.25, -0.2) is 9.59 Å². The van der Waals surface area contributed by atoms with Crippen LogP contribution in [0, 0.1) is 20.8 Å². The molecule has 0 spiro atoms. The number of fused-ring (bicyclic) bond motifs is 2. The first kappa shape index (κ1) is 34.2. The second-order valence-corrected chi connectivity index (χ2v) is 13.6. The molecule has 2 N–H and O–H groups in total. The summed E-state index contributed by atoms with van der Waals surface area (Å²) in [6.45, 7) is 7.02. The van der Waals surface area contributed by atoms with Crippen LogP contribution in [0.5, 0.6) is 11.5 Å². The molecule has 2 atom stereocenters. The van der Waals surface area contributed by atoms with Gasteiger partial charge in [-0.3, -0.25) is 9.69 Å². The van der Waals surface area contributed by atoms with Crippen LogP contribution in [0.15, 0.2) is 66.2 Å². The van der Waals surface area contributed by atoms with Crippen LogP contribution in [-0.2, 0) is 11.2 Å². The topological polar surface area (TPSA) is 120 Å². The Morgan fingerprint density at radius 1 is 0.878 bits per heavy atom. The van der Waals surface area contributed by atoms with Crippen LogP contribution in [0.1, 0.15) is 47.1 Å². The van der Waals surface area contributed by atoms with E-state index in [9.17, 15) is 24.6 Å². The van der Waals surface area contributed by atoms with E-state index in [0.717, 1.165) is 46.2 Å². The molecule has 10 nitrogen and oxygen atoms in total. The van der Waals surface area contributed by atoms with Crippen molar-refractivity contribution in [1.29, 1.82) is 0 Å². The first-order valence-electron chi connectivity index (χ1n) is 16.7. The number of piperazine rings is 1. The van der Waals surface area contributed by atoms with Crippen molar-refractivity contribution in [3.8, 4) is 11.5 Å². The summed E-state index contributed by atoms with van der Waals surface area (Å²) < 4.78 is 11.8. The molecule has 2 aliphatic heterocycles. The zero-order valence-corrected chi connectivity index (χ0v) is 28.8. The van der Waals surface area contributed by atoms with Gasteiger partial charge in [0.15, 0.2) is 0 Å². The highest BCUT2D eigenvalue weighted by Gasteiger charge is 2.49. The molecule has 3 aromatic carbocycles. The molecule has 1 aliphatic carbocycles. The molecule has 11 heteroatoms. The minimum Gasteiger partial charge on any atom is -0.490 e. The van der Waals surface area contributed by atoms with E-state index in [1.807, 2.05) is 62.1 Å². The molecule has 0 aromatic heterocycles. The molecule has 1 saturated heterocycles. The van der Waals surface area contributed by atoms with Crippen molar-refractivity contribution in [1.82, 2.24) is 14.7 Å². The number of rotatable bonds is 11. The van der Waals surface area contributed by atoms with Crippen molar-refractivity contribution in [2.75, 3.05) is 32.8 Å². The van der Waals surface area contributed by atoms with Gasteiger partial charge >= 0.3 is 12.2 Å². The van der Waals surface area contributed by atoms with Gasteiger partial charge in [0.05, 0.1) is 17.1 Å². The van der Waals surface area contributed by atoms with E-state index in [4.69, 9.17) is 21.1 Å². The summed E-state index contributed by atoms with van der Waals surface area (Å²) in [5.41, 5.74) is 6.34. The third kappa shape index (κ3) is 7.64. The molecule has 2 bridgehead atoms. The lowest BCUT2D eigenvalue weighted by molar-refractivity contribution is -0.128. The van der Waals surface area contributed by atoms with E-state index < -0.39 is 24.3 Å². The van der Waals surface area contributed by atoms with Gasteiger partial charge in [-0.2, -0.15) is 0 Å². The highest BCUT2D eigenvalue weighted by molar-refractivity contribution is 6.32. The maximum absolute atomic E-state index is 14.6. The van der Waals surface area contributed by atoms with Crippen molar-refractivity contribution >= 4 is 35.3 Å². The van der Waals surface area contributed by atoms with E-state index >= 15 is 0 Å². The molecular formula is C38H42ClN3O7. The normalized spacial score (nSPS) is 18.7. The van der Waals surface area contributed by atoms with E-state index in [0.29, 0.717) is 41.7 Å². The predicted molar refractivity (Wildman–Crippen MR) is 187 cm³/mol. The maximum atomic E-state index is 14.6. The fourth-order valence-electron chi connectivity index (χ4n) is 6.82. The molecule has 3 aliphatic rings. The SMILES string of the molecule is Cc1ccc(CCN(C(=O)C2=C(c3ccc(OCCOc4cc(C)c(C)cc4Cl)cc3)C[C@@H]3CN(C(=O)O)C[C@H]2N3C(=O)O)C2CC2)cc1. The van der Waals surface area contributed by atoms with Gasteiger partial charge in [-0.05, 0) is 98.5 Å². The monoisotopic (exact) mass is 687 g/mol. The molecule has 2 fully saturated rings. The van der Waals surface area contributed by atoms with Crippen LogP contribution in [0.2, 0.25) is 5.02 Å². The Morgan fingerprint density at radius 2 is 1.55 bits per heavy atom. The van der Waals surface area contributed by atoms with E-state index in [1.165, 1.54) is 9.80 Å². The van der Waals surface area contributed by atoms with Crippen molar-refractivity contribution in [2.24, 2.45) is 0 Å². The Balaban J connectivity index is 1.26. The van der Waals surface area contributed by atoms with Crippen molar-refractivity contribution < 1.29 is 34.1 Å². The zero-order valence-electron chi connectivity index (χ0n) is 28.0. The number of carboxylic acid groups (broad SMARTS) is 2. The third-order valence-electron chi connectivity index (χ3n) is 9.74. The van der Waals surface area contributed by atoms with Crippen LogP contribution < -0.4 is 9.47 Å². The highest BCUT2D eigenvalue weighted by atomic mass is 35.5. The summed E-state index contributed by atoms with van der Waals surface area (Å²) in [7, 11) is 0. The maximum Gasteiger partial charge on any atom is 0.408 e. The summed E-state index contributed by atoms with van der Waals surface area (Å²) in [6, 6.07) is 18.0. The van der Waals surface area contributed by atoms with E-state index in [1.54, 1.807) is 0 Å². The molecule has 3 amide bonds. The number of nitrogens with zero attached hydrogens (tertiary/aromatic N) is 3. The third-order valence-corrected chi connectivity index (χ3v) is 10.0. The average Bonchev–Trinajstić information content (AvgIpc) is 3.91. The molecule has 258 valence electrons. The number of carbonyl (C=O) groups excluding carboxylic acids is 1.